The number of aryl methyl sites for hydroxylation is 1. The molecule has 0 bridgehead atoms. The molecule has 2 aromatic heterocycles. The smallest absolute Gasteiger partial charge is 0.253 e. The molecule has 3 heterocycles. The lowest BCUT2D eigenvalue weighted by molar-refractivity contribution is 0.0638. The quantitative estimate of drug-likeness (QED) is 0.312. The summed E-state index contributed by atoms with van der Waals surface area (Å²) in [5.74, 6) is 0.791. The van der Waals surface area contributed by atoms with E-state index in [0.717, 1.165) is 49.5 Å². The zero-order chi connectivity index (χ0) is 27.2. The number of nitrogens with zero attached hydrogens (tertiary/aromatic N) is 5. The van der Waals surface area contributed by atoms with Crippen molar-refractivity contribution in [1.82, 2.24) is 24.8 Å². The first-order valence-electron chi connectivity index (χ1n) is 13.1. The molecule has 8 nitrogen and oxygen atoms in total. The fourth-order valence-corrected chi connectivity index (χ4v) is 4.75. The van der Waals surface area contributed by atoms with E-state index >= 15 is 0 Å². The molecule has 0 radical (unpaired) electrons. The van der Waals surface area contributed by atoms with Gasteiger partial charge in [0.2, 0.25) is 5.95 Å². The molecule has 1 fully saturated rings. The van der Waals surface area contributed by atoms with Gasteiger partial charge in [-0.1, -0.05) is 6.07 Å². The van der Waals surface area contributed by atoms with Crippen LogP contribution in [0.3, 0.4) is 0 Å². The summed E-state index contributed by atoms with van der Waals surface area (Å²) in [4.78, 5) is 30.6. The summed E-state index contributed by atoms with van der Waals surface area (Å²) in [5, 5.41) is 6.34. The Balaban J connectivity index is 1.14. The molecular weight excluding hydrogens is 493 g/mol. The molecule has 1 amide bonds. The number of anilines is 4. The predicted molar refractivity (Wildman–Crippen MR) is 151 cm³/mol. The normalized spacial score (nSPS) is 13.9. The van der Waals surface area contributed by atoms with Crippen molar-refractivity contribution in [3.05, 3.63) is 102 Å². The molecule has 4 aromatic rings. The number of carbonyl (C=O) groups excluding carboxylic acids is 1. The van der Waals surface area contributed by atoms with E-state index in [1.54, 1.807) is 31.3 Å². The van der Waals surface area contributed by atoms with Crippen LogP contribution in [0.1, 0.15) is 34.5 Å². The van der Waals surface area contributed by atoms with Crippen molar-refractivity contribution in [3.63, 3.8) is 0 Å². The van der Waals surface area contributed by atoms with E-state index < -0.39 is 0 Å². The van der Waals surface area contributed by atoms with Crippen molar-refractivity contribution in [2.45, 2.75) is 32.4 Å². The Morgan fingerprint density at radius 3 is 2.46 bits per heavy atom. The topological polar surface area (TPSA) is 86.3 Å². The van der Waals surface area contributed by atoms with Crippen LogP contribution in [-0.2, 0) is 6.54 Å². The summed E-state index contributed by atoms with van der Waals surface area (Å²) >= 11 is 0. The number of piperidine rings is 1. The second-order valence-corrected chi connectivity index (χ2v) is 9.82. The van der Waals surface area contributed by atoms with Crippen molar-refractivity contribution in [3.8, 4) is 0 Å². The summed E-state index contributed by atoms with van der Waals surface area (Å²) in [6.07, 6.45) is 5.34. The van der Waals surface area contributed by atoms with E-state index in [1.165, 1.54) is 6.07 Å². The Morgan fingerprint density at radius 1 is 0.974 bits per heavy atom. The maximum Gasteiger partial charge on any atom is 0.253 e. The van der Waals surface area contributed by atoms with Crippen molar-refractivity contribution in [2.75, 3.05) is 30.8 Å². The molecule has 200 valence electrons. The maximum absolute atomic E-state index is 13.5. The number of amides is 1. The highest BCUT2D eigenvalue weighted by atomic mass is 19.1. The van der Waals surface area contributed by atoms with E-state index in [0.29, 0.717) is 28.9 Å². The number of halogens is 1. The molecule has 1 aliphatic rings. The summed E-state index contributed by atoms with van der Waals surface area (Å²) < 4.78 is 13.5. The van der Waals surface area contributed by atoms with E-state index in [1.807, 2.05) is 53.6 Å². The predicted octanol–water partition coefficient (Wildman–Crippen LogP) is 5.54. The molecule has 2 aromatic carbocycles. The number of hydrogen-bond donors (Lipinski definition) is 2. The van der Waals surface area contributed by atoms with E-state index in [9.17, 15) is 9.18 Å². The lowest BCUT2D eigenvalue weighted by Crippen LogP contribution is -2.45. The number of pyridine rings is 1. The van der Waals surface area contributed by atoms with Crippen LogP contribution in [0.15, 0.2) is 79.1 Å². The first-order valence-corrected chi connectivity index (χ1v) is 13.1. The van der Waals surface area contributed by atoms with Gasteiger partial charge in [0.1, 0.15) is 11.6 Å². The zero-order valence-corrected chi connectivity index (χ0v) is 22.1. The number of carbonyl (C=O) groups is 1. The molecule has 1 aliphatic heterocycles. The van der Waals surface area contributed by atoms with E-state index in [4.69, 9.17) is 0 Å². The second kappa shape index (κ2) is 12.0. The number of hydrogen-bond acceptors (Lipinski definition) is 7. The first-order chi connectivity index (χ1) is 18.9. The monoisotopic (exact) mass is 525 g/mol. The number of nitrogens with one attached hydrogen (secondary N) is 2. The van der Waals surface area contributed by atoms with Gasteiger partial charge in [-0.25, -0.2) is 9.37 Å². The minimum absolute atomic E-state index is 0.0458. The number of rotatable bonds is 8. The first kappa shape index (κ1) is 26.2. The molecule has 0 saturated carbocycles. The van der Waals surface area contributed by atoms with Crippen LogP contribution in [0.4, 0.5) is 27.5 Å². The third kappa shape index (κ3) is 6.74. The fourth-order valence-electron chi connectivity index (χ4n) is 4.75. The van der Waals surface area contributed by atoms with Gasteiger partial charge in [-0.05, 0) is 93.0 Å². The van der Waals surface area contributed by atoms with Gasteiger partial charge in [0.05, 0.1) is 5.69 Å². The van der Waals surface area contributed by atoms with Crippen LogP contribution in [0, 0.1) is 12.7 Å². The third-order valence-electron chi connectivity index (χ3n) is 6.99. The Labute approximate surface area is 227 Å². The van der Waals surface area contributed by atoms with Gasteiger partial charge in [0.25, 0.3) is 5.91 Å². The van der Waals surface area contributed by atoms with Crippen molar-refractivity contribution in [1.29, 1.82) is 0 Å². The van der Waals surface area contributed by atoms with Gasteiger partial charge in [0.15, 0.2) is 0 Å². The highest BCUT2D eigenvalue weighted by Crippen LogP contribution is 2.22. The summed E-state index contributed by atoms with van der Waals surface area (Å²) in [6.45, 7) is 3.99. The zero-order valence-electron chi connectivity index (χ0n) is 22.1. The molecule has 0 aliphatic carbocycles. The van der Waals surface area contributed by atoms with Gasteiger partial charge in [-0.2, -0.15) is 4.98 Å². The second-order valence-electron chi connectivity index (χ2n) is 9.82. The van der Waals surface area contributed by atoms with Crippen LogP contribution in [0.5, 0.6) is 0 Å². The average Bonchev–Trinajstić information content (AvgIpc) is 2.96. The number of likely N-dealkylation sites (tertiary alicyclic amines) is 1. The Kier molecular flexibility index (Phi) is 8.07. The molecule has 2 N–H and O–H groups in total. The van der Waals surface area contributed by atoms with Crippen molar-refractivity contribution < 1.29 is 9.18 Å². The number of aromatic nitrogens is 3. The molecule has 0 atom stereocenters. The number of benzene rings is 2. The minimum Gasteiger partial charge on any atom is -0.340 e. The lowest BCUT2D eigenvalue weighted by Gasteiger charge is -2.36. The van der Waals surface area contributed by atoms with Gasteiger partial charge in [-0.15, -0.1) is 0 Å². The van der Waals surface area contributed by atoms with E-state index in [2.05, 4.69) is 37.5 Å². The lowest BCUT2D eigenvalue weighted by atomic mass is 10.0. The van der Waals surface area contributed by atoms with Crippen molar-refractivity contribution in [2.24, 2.45) is 0 Å². The molecule has 0 unspecified atom stereocenters. The van der Waals surface area contributed by atoms with Crippen LogP contribution < -0.4 is 10.6 Å². The van der Waals surface area contributed by atoms with Gasteiger partial charge < -0.3 is 15.5 Å². The van der Waals surface area contributed by atoms with Gasteiger partial charge in [-0.3, -0.25) is 14.7 Å². The molecular formula is C30H32FN7O. The summed E-state index contributed by atoms with van der Waals surface area (Å²) in [5.41, 5.74) is 3.79. The highest BCUT2D eigenvalue weighted by molar-refractivity contribution is 5.94. The van der Waals surface area contributed by atoms with Crippen LogP contribution in [0.2, 0.25) is 0 Å². The minimum atomic E-state index is -0.249. The SMILES string of the molecule is Cc1cc(Nc2ccnc(Nc3ccc(C(=O)N4CCC(N(C)Cc5ccccn5)CC4)cc3)n2)ccc1F. The van der Waals surface area contributed by atoms with Gasteiger partial charge in [0, 0.05) is 55.0 Å². The summed E-state index contributed by atoms with van der Waals surface area (Å²) in [6, 6.07) is 20.3. The fraction of sp³-hybridized carbons (Fsp3) is 0.267. The van der Waals surface area contributed by atoms with Crippen molar-refractivity contribution >= 4 is 29.0 Å². The summed E-state index contributed by atoms with van der Waals surface area (Å²) in [7, 11) is 2.13. The third-order valence-corrected chi connectivity index (χ3v) is 6.99. The highest BCUT2D eigenvalue weighted by Gasteiger charge is 2.26. The molecule has 39 heavy (non-hydrogen) atoms. The Hall–Kier alpha value is -4.37. The molecule has 0 spiro atoms. The average molecular weight is 526 g/mol. The molecule has 1 saturated heterocycles. The maximum atomic E-state index is 13.5. The molecule has 5 rings (SSSR count). The Morgan fingerprint density at radius 2 is 1.74 bits per heavy atom. The van der Waals surface area contributed by atoms with Crippen LogP contribution in [-0.4, -0.2) is 56.8 Å². The van der Waals surface area contributed by atoms with E-state index in [-0.39, 0.29) is 11.7 Å². The van der Waals surface area contributed by atoms with Crippen LogP contribution >= 0.6 is 0 Å². The molecule has 9 heteroatoms. The largest absolute Gasteiger partial charge is 0.340 e. The van der Waals surface area contributed by atoms with Crippen LogP contribution in [0.25, 0.3) is 0 Å². The van der Waals surface area contributed by atoms with Gasteiger partial charge >= 0.3 is 0 Å². The standard InChI is InChI=1S/C30H32FN7O/c1-21-19-24(10-11-27(21)31)34-28-12-16-33-30(36-28)35-23-8-6-22(7-9-23)29(39)38-17-13-26(14-18-38)37(2)20-25-5-3-4-15-32-25/h3-12,15-16,19,26H,13-14,17-18,20H2,1-2H3,(H2,33,34,35,36). The Bertz CT molecular complexity index is 1410.